The summed E-state index contributed by atoms with van der Waals surface area (Å²) >= 11 is 0. The molecule has 8 heteroatoms. The fourth-order valence-corrected chi connectivity index (χ4v) is 5.18. The van der Waals surface area contributed by atoms with E-state index in [-0.39, 0.29) is 41.8 Å². The van der Waals surface area contributed by atoms with E-state index in [4.69, 9.17) is 0 Å². The molecule has 0 unspecified atom stereocenters. The lowest BCUT2D eigenvalue weighted by Crippen LogP contribution is -2.35. The molecule has 0 bridgehead atoms. The van der Waals surface area contributed by atoms with Gasteiger partial charge in [-0.3, -0.25) is 19.3 Å². The van der Waals surface area contributed by atoms with Crippen LogP contribution in [0.5, 0.6) is 0 Å². The molecule has 2 aliphatic heterocycles. The van der Waals surface area contributed by atoms with Crippen LogP contribution in [0, 0.1) is 0 Å². The Kier molecular flexibility index (Phi) is 4.50. The van der Waals surface area contributed by atoms with Gasteiger partial charge >= 0.3 is 0 Å². The maximum Gasteiger partial charge on any atom is 0.261 e. The maximum atomic E-state index is 12.4. The average Bonchev–Trinajstić information content (AvgIpc) is 3.14. The molecular formula is C20H18N2O5S. The number of rotatable bonds is 4. The highest BCUT2D eigenvalue weighted by Crippen LogP contribution is 2.24. The number of carbonyl (C=O) groups is 3. The molecule has 0 aliphatic carbocycles. The van der Waals surface area contributed by atoms with Gasteiger partial charge in [-0.15, -0.1) is 0 Å². The number of fused-ring (bicyclic) bond motifs is 1. The Balaban J connectivity index is 1.42. The van der Waals surface area contributed by atoms with E-state index < -0.39 is 9.84 Å². The smallest absolute Gasteiger partial charge is 0.261 e. The van der Waals surface area contributed by atoms with E-state index in [2.05, 4.69) is 5.32 Å². The van der Waals surface area contributed by atoms with Gasteiger partial charge in [0.15, 0.2) is 9.84 Å². The molecule has 0 radical (unpaired) electrons. The minimum absolute atomic E-state index is 0.0312. The van der Waals surface area contributed by atoms with Crippen LogP contribution >= 0.6 is 0 Å². The van der Waals surface area contributed by atoms with Crippen molar-refractivity contribution in [1.29, 1.82) is 0 Å². The van der Waals surface area contributed by atoms with E-state index in [1.54, 1.807) is 48.5 Å². The summed E-state index contributed by atoms with van der Waals surface area (Å²) in [5.74, 6) is -0.933. The normalized spacial score (nSPS) is 20.3. The van der Waals surface area contributed by atoms with Crippen molar-refractivity contribution in [2.24, 2.45) is 0 Å². The third-order valence-corrected chi connectivity index (χ3v) is 6.77. The SMILES string of the molecule is O=C(N[C@H]1CCS(=O)(=O)C1)c1ccc(CN2C(=O)c3ccccc3C2=O)cc1. The summed E-state index contributed by atoms with van der Waals surface area (Å²) in [5.41, 5.74) is 1.91. The first-order valence-corrected chi connectivity index (χ1v) is 10.7. The van der Waals surface area contributed by atoms with E-state index in [1.165, 1.54) is 4.90 Å². The molecule has 0 spiro atoms. The van der Waals surface area contributed by atoms with Crippen molar-refractivity contribution in [1.82, 2.24) is 10.2 Å². The Bertz CT molecular complexity index is 1040. The molecule has 1 fully saturated rings. The highest BCUT2D eigenvalue weighted by Gasteiger charge is 2.35. The van der Waals surface area contributed by atoms with Gasteiger partial charge in [0.1, 0.15) is 0 Å². The van der Waals surface area contributed by atoms with Crippen LogP contribution in [0.4, 0.5) is 0 Å². The lowest BCUT2D eigenvalue weighted by molar-refractivity contribution is 0.0641. The Morgan fingerprint density at radius 2 is 1.61 bits per heavy atom. The zero-order chi connectivity index (χ0) is 19.9. The molecule has 1 N–H and O–H groups in total. The van der Waals surface area contributed by atoms with Crippen LogP contribution in [0.25, 0.3) is 0 Å². The van der Waals surface area contributed by atoms with E-state index >= 15 is 0 Å². The van der Waals surface area contributed by atoms with E-state index in [0.717, 1.165) is 5.56 Å². The van der Waals surface area contributed by atoms with Crippen LogP contribution < -0.4 is 5.32 Å². The van der Waals surface area contributed by atoms with Gasteiger partial charge in [-0.25, -0.2) is 8.42 Å². The largest absolute Gasteiger partial charge is 0.348 e. The number of hydrogen-bond acceptors (Lipinski definition) is 5. The number of imide groups is 1. The first-order chi connectivity index (χ1) is 13.3. The second-order valence-corrected chi connectivity index (χ2v) is 9.24. The lowest BCUT2D eigenvalue weighted by atomic mass is 10.1. The molecule has 7 nitrogen and oxygen atoms in total. The average molecular weight is 398 g/mol. The number of benzene rings is 2. The van der Waals surface area contributed by atoms with Gasteiger partial charge in [0, 0.05) is 11.6 Å². The molecule has 1 atom stereocenters. The molecule has 1 saturated heterocycles. The van der Waals surface area contributed by atoms with Crippen molar-refractivity contribution in [2.75, 3.05) is 11.5 Å². The van der Waals surface area contributed by atoms with Gasteiger partial charge in [-0.1, -0.05) is 24.3 Å². The van der Waals surface area contributed by atoms with Gasteiger partial charge < -0.3 is 5.32 Å². The van der Waals surface area contributed by atoms with Crippen LogP contribution in [-0.4, -0.2) is 48.6 Å². The molecule has 2 aromatic carbocycles. The van der Waals surface area contributed by atoms with Crippen molar-refractivity contribution < 1.29 is 22.8 Å². The summed E-state index contributed by atoms with van der Waals surface area (Å²) in [6.07, 6.45) is 0.423. The van der Waals surface area contributed by atoms with Gasteiger partial charge in [-0.2, -0.15) is 0 Å². The van der Waals surface area contributed by atoms with Gasteiger partial charge in [-0.05, 0) is 36.2 Å². The molecule has 4 rings (SSSR count). The zero-order valence-corrected chi connectivity index (χ0v) is 15.7. The van der Waals surface area contributed by atoms with E-state index in [9.17, 15) is 22.8 Å². The summed E-state index contributed by atoms with van der Waals surface area (Å²) < 4.78 is 23.0. The molecule has 3 amide bonds. The standard InChI is InChI=1S/C20H18N2O5S/c23-18(21-15-9-10-28(26,27)12-15)14-7-5-13(6-8-14)11-22-19(24)16-3-1-2-4-17(16)20(22)25/h1-8,15H,9-12H2,(H,21,23)/t15-/m0/s1. The third kappa shape index (κ3) is 3.43. The Morgan fingerprint density at radius 1 is 1.00 bits per heavy atom. The van der Waals surface area contributed by atoms with Gasteiger partial charge in [0.2, 0.25) is 0 Å². The summed E-state index contributed by atoms with van der Waals surface area (Å²) in [4.78, 5) is 38.3. The number of carbonyl (C=O) groups excluding carboxylic acids is 3. The van der Waals surface area contributed by atoms with Crippen LogP contribution in [0.3, 0.4) is 0 Å². The summed E-state index contributed by atoms with van der Waals surface area (Å²) in [5, 5.41) is 2.73. The number of sulfone groups is 1. The number of nitrogens with one attached hydrogen (secondary N) is 1. The predicted octanol–water partition coefficient (Wildman–Crippen LogP) is 1.40. The number of amides is 3. The minimum atomic E-state index is -3.06. The molecule has 2 aliphatic rings. The molecule has 0 saturated carbocycles. The van der Waals surface area contributed by atoms with Crippen molar-refractivity contribution in [3.05, 3.63) is 70.8 Å². The van der Waals surface area contributed by atoms with Crippen LogP contribution in [0.2, 0.25) is 0 Å². The molecule has 144 valence electrons. The fourth-order valence-electron chi connectivity index (χ4n) is 3.50. The van der Waals surface area contributed by atoms with Crippen molar-refractivity contribution in [3.8, 4) is 0 Å². The van der Waals surface area contributed by atoms with Gasteiger partial charge in [0.25, 0.3) is 17.7 Å². The molecule has 2 heterocycles. The first kappa shape index (κ1) is 18.4. The van der Waals surface area contributed by atoms with Crippen LogP contribution in [-0.2, 0) is 16.4 Å². The predicted molar refractivity (Wildman–Crippen MR) is 102 cm³/mol. The second-order valence-electron chi connectivity index (χ2n) is 7.01. The molecule has 28 heavy (non-hydrogen) atoms. The summed E-state index contributed by atoms with van der Waals surface area (Å²) in [7, 11) is -3.06. The summed E-state index contributed by atoms with van der Waals surface area (Å²) in [6, 6.07) is 12.9. The highest BCUT2D eigenvalue weighted by atomic mass is 32.2. The minimum Gasteiger partial charge on any atom is -0.348 e. The van der Waals surface area contributed by atoms with Crippen LogP contribution in [0.15, 0.2) is 48.5 Å². The van der Waals surface area contributed by atoms with E-state index in [1.807, 2.05) is 0 Å². The fraction of sp³-hybridized carbons (Fsp3) is 0.250. The Hall–Kier alpha value is -3.00. The number of nitrogens with zero attached hydrogens (tertiary/aromatic N) is 1. The van der Waals surface area contributed by atoms with Crippen molar-refractivity contribution in [2.45, 2.75) is 19.0 Å². The van der Waals surface area contributed by atoms with E-state index in [0.29, 0.717) is 23.1 Å². The Labute approximate surface area is 162 Å². The molecule has 0 aromatic heterocycles. The first-order valence-electron chi connectivity index (χ1n) is 8.89. The Morgan fingerprint density at radius 3 is 2.14 bits per heavy atom. The molecule has 2 aromatic rings. The zero-order valence-electron chi connectivity index (χ0n) is 14.9. The van der Waals surface area contributed by atoms with Crippen molar-refractivity contribution >= 4 is 27.6 Å². The second kappa shape index (κ2) is 6.87. The third-order valence-electron chi connectivity index (χ3n) is 5.00. The monoisotopic (exact) mass is 398 g/mol. The lowest BCUT2D eigenvalue weighted by Gasteiger charge is -2.14. The quantitative estimate of drug-likeness (QED) is 0.785. The van der Waals surface area contributed by atoms with Crippen LogP contribution in [0.1, 0.15) is 43.1 Å². The van der Waals surface area contributed by atoms with Gasteiger partial charge in [0.05, 0.1) is 29.2 Å². The molecular weight excluding hydrogens is 380 g/mol. The highest BCUT2D eigenvalue weighted by molar-refractivity contribution is 7.91. The maximum absolute atomic E-state index is 12.4. The van der Waals surface area contributed by atoms with Crippen molar-refractivity contribution in [3.63, 3.8) is 0 Å². The topological polar surface area (TPSA) is 101 Å². The number of hydrogen-bond donors (Lipinski definition) is 1. The summed E-state index contributed by atoms with van der Waals surface area (Å²) in [6.45, 7) is 0.120.